The third-order valence-corrected chi connectivity index (χ3v) is 4.22. The highest BCUT2D eigenvalue weighted by Gasteiger charge is 2.24. The second-order valence-electron chi connectivity index (χ2n) is 5.85. The number of nitrogens with one attached hydrogen (secondary N) is 2. The van der Waals surface area contributed by atoms with Crippen LogP contribution in [0.5, 0.6) is 0 Å². The Balaban J connectivity index is 1.41. The second-order valence-corrected chi connectivity index (χ2v) is 5.85. The molecule has 5 heteroatoms. The summed E-state index contributed by atoms with van der Waals surface area (Å²) in [6, 6.07) is 10.5. The Bertz CT molecular complexity index is 460. The maximum atomic E-state index is 11.9. The molecule has 2 heterocycles. The molecule has 0 unspecified atom stereocenters. The van der Waals surface area contributed by atoms with E-state index in [1.807, 2.05) is 18.2 Å². The Morgan fingerprint density at radius 2 is 2.14 bits per heavy atom. The predicted molar refractivity (Wildman–Crippen MR) is 82.5 cm³/mol. The molecule has 2 atom stereocenters. The van der Waals surface area contributed by atoms with E-state index in [2.05, 4.69) is 27.7 Å². The molecule has 114 valence electrons. The Labute approximate surface area is 125 Å². The topological polar surface area (TPSA) is 53.6 Å². The fourth-order valence-electron chi connectivity index (χ4n) is 2.97. The zero-order chi connectivity index (χ0) is 14.5. The van der Waals surface area contributed by atoms with Crippen molar-refractivity contribution >= 4 is 11.7 Å². The summed E-state index contributed by atoms with van der Waals surface area (Å²) >= 11 is 0. The summed E-state index contributed by atoms with van der Waals surface area (Å²) in [4.78, 5) is 14.2. The summed E-state index contributed by atoms with van der Waals surface area (Å²) in [6.07, 6.45) is 2.04. The van der Waals surface area contributed by atoms with E-state index in [-0.39, 0.29) is 12.1 Å². The van der Waals surface area contributed by atoms with Crippen LogP contribution in [0.3, 0.4) is 0 Å². The predicted octanol–water partition coefficient (Wildman–Crippen LogP) is 1.60. The maximum Gasteiger partial charge on any atom is 0.315 e. The molecule has 0 radical (unpaired) electrons. The van der Waals surface area contributed by atoms with E-state index < -0.39 is 0 Å². The number of amides is 2. The average molecular weight is 289 g/mol. The van der Waals surface area contributed by atoms with Crippen molar-refractivity contribution in [2.45, 2.75) is 18.9 Å². The smallest absolute Gasteiger partial charge is 0.315 e. The van der Waals surface area contributed by atoms with Crippen LogP contribution in [0, 0.1) is 5.92 Å². The number of hydrogen-bond donors (Lipinski definition) is 2. The fourth-order valence-corrected chi connectivity index (χ4v) is 2.97. The number of carbonyl (C=O) groups is 1. The van der Waals surface area contributed by atoms with E-state index in [0.717, 1.165) is 39.1 Å². The molecule has 2 aliphatic rings. The second kappa shape index (κ2) is 6.80. The van der Waals surface area contributed by atoms with Crippen molar-refractivity contribution in [2.24, 2.45) is 5.92 Å². The fraction of sp³-hybridized carbons (Fsp3) is 0.562. The van der Waals surface area contributed by atoms with Gasteiger partial charge in [0.1, 0.15) is 0 Å². The standard InChI is InChI=1S/C16H23N3O2/c20-16(17-10-13-7-9-21-12-13)18-14-6-8-19(11-14)15-4-2-1-3-5-15/h1-5,13-14H,6-12H2,(H2,17,18,20)/t13-,14-/m1/s1. The minimum atomic E-state index is -0.0539. The number of nitrogens with zero attached hydrogens (tertiary/aromatic N) is 1. The molecule has 1 aromatic carbocycles. The first-order valence-electron chi connectivity index (χ1n) is 7.73. The lowest BCUT2D eigenvalue weighted by atomic mass is 10.1. The van der Waals surface area contributed by atoms with E-state index in [0.29, 0.717) is 12.5 Å². The highest BCUT2D eigenvalue weighted by atomic mass is 16.5. The molecule has 0 aromatic heterocycles. The number of carbonyl (C=O) groups excluding carboxylic acids is 1. The van der Waals surface area contributed by atoms with Gasteiger partial charge in [-0.25, -0.2) is 4.79 Å². The van der Waals surface area contributed by atoms with Gasteiger partial charge in [0.2, 0.25) is 0 Å². The summed E-state index contributed by atoms with van der Waals surface area (Å²) in [5.74, 6) is 0.472. The molecule has 21 heavy (non-hydrogen) atoms. The molecule has 0 spiro atoms. The van der Waals surface area contributed by atoms with Crippen molar-refractivity contribution in [3.63, 3.8) is 0 Å². The van der Waals surface area contributed by atoms with Crippen molar-refractivity contribution in [3.05, 3.63) is 30.3 Å². The Morgan fingerprint density at radius 3 is 2.90 bits per heavy atom. The third kappa shape index (κ3) is 3.88. The van der Waals surface area contributed by atoms with E-state index in [4.69, 9.17) is 4.74 Å². The van der Waals surface area contributed by atoms with Crippen LogP contribution in [0.25, 0.3) is 0 Å². The summed E-state index contributed by atoms with van der Waals surface area (Å²) < 4.78 is 5.31. The SMILES string of the molecule is O=C(NC[C@H]1CCOC1)N[C@@H]1CCN(c2ccccc2)C1. The Morgan fingerprint density at radius 1 is 1.29 bits per heavy atom. The quantitative estimate of drug-likeness (QED) is 0.885. The van der Waals surface area contributed by atoms with Crippen molar-refractivity contribution < 1.29 is 9.53 Å². The van der Waals surface area contributed by atoms with Gasteiger partial charge in [0, 0.05) is 43.9 Å². The molecule has 0 aliphatic carbocycles. The average Bonchev–Trinajstić information content (AvgIpc) is 3.17. The van der Waals surface area contributed by atoms with Gasteiger partial charge in [0.05, 0.1) is 6.61 Å². The van der Waals surface area contributed by atoms with Crippen LogP contribution in [-0.4, -0.2) is 44.9 Å². The molecular weight excluding hydrogens is 266 g/mol. The zero-order valence-corrected chi connectivity index (χ0v) is 12.3. The van der Waals surface area contributed by atoms with Gasteiger partial charge in [-0.1, -0.05) is 18.2 Å². The minimum Gasteiger partial charge on any atom is -0.381 e. The summed E-state index contributed by atoms with van der Waals surface area (Å²) in [6.45, 7) is 4.17. The molecular formula is C16H23N3O2. The maximum absolute atomic E-state index is 11.9. The third-order valence-electron chi connectivity index (χ3n) is 4.22. The number of para-hydroxylation sites is 1. The lowest BCUT2D eigenvalue weighted by molar-refractivity contribution is 0.185. The van der Waals surface area contributed by atoms with Crippen molar-refractivity contribution in [3.8, 4) is 0 Å². The summed E-state index contributed by atoms with van der Waals surface area (Å²) in [5.41, 5.74) is 1.23. The van der Waals surface area contributed by atoms with E-state index in [9.17, 15) is 4.79 Å². The number of ether oxygens (including phenoxy) is 1. The van der Waals surface area contributed by atoms with E-state index >= 15 is 0 Å². The zero-order valence-electron chi connectivity index (χ0n) is 12.3. The van der Waals surface area contributed by atoms with E-state index in [1.54, 1.807) is 0 Å². The molecule has 2 aliphatic heterocycles. The highest BCUT2D eigenvalue weighted by Crippen LogP contribution is 2.19. The van der Waals surface area contributed by atoms with Crippen LogP contribution >= 0.6 is 0 Å². The number of urea groups is 1. The first-order chi connectivity index (χ1) is 10.3. The molecule has 1 aromatic rings. The lowest BCUT2D eigenvalue weighted by Crippen LogP contribution is -2.44. The van der Waals surface area contributed by atoms with Gasteiger partial charge >= 0.3 is 6.03 Å². The first kappa shape index (κ1) is 14.2. The molecule has 2 N–H and O–H groups in total. The number of benzene rings is 1. The molecule has 5 nitrogen and oxygen atoms in total. The molecule has 0 saturated carbocycles. The first-order valence-corrected chi connectivity index (χ1v) is 7.73. The van der Waals surface area contributed by atoms with Crippen molar-refractivity contribution in [1.29, 1.82) is 0 Å². The Hall–Kier alpha value is -1.75. The van der Waals surface area contributed by atoms with Gasteiger partial charge in [0.15, 0.2) is 0 Å². The molecule has 2 saturated heterocycles. The van der Waals surface area contributed by atoms with Gasteiger partial charge < -0.3 is 20.3 Å². The highest BCUT2D eigenvalue weighted by molar-refractivity contribution is 5.74. The normalized spacial score (nSPS) is 25.0. The Kier molecular flexibility index (Phi) is 4.60. The van der Waals surface area contributed by atoms with Crippen LogP contribution < -0.4 is 15.5 Å². The van der Waals surface area contributed by atoms with Gasteiger partial charge in [-0.2, -0.15) is 0 Å². The van der Waals surface area contributed by atoms with Crippen molar-refractivity contribution in [1.82, 2.24) is 10.6 Å². The van der Waals surface area contributed by atoms with Crippen molar-refractivity contribution in [2.75, 3.05) is 37.7 Å². The van der Waals surface area contributed by atoms with Crippen LogP contribution in [-0.2, 0) is 4.74 Å². The van der Waals surface area contributed by atoms with Crippen LogP contribution in [0.1, 0.15) is 12.8 Å². The number of hydrogen-bond acceptors (Lipinski definition) is 3. The van der Waals surface area contributed by atoms with Gasteiger partial charge in [-0.15, -0.1) is 0 Å². The van der Waals surface area contributed by atoms with Gasteiger partial charge in [0.25, 0.3) is 0 Å². The monoisotopic (exact) mass is 289 g/mol. The molecule has 2 fully saturated rings. The number of anilines is 1. The van der Waals surface area contributed by atoms with Crippen LogP contribution in [0.15, 0.2) is 30.3 Å². The van der Waals surface area contributed by atoms with Gasteiger partial charge in [-0.3, -0.25) is 0 Å². The minimum absolute atomic E-state index is 0.0539. The molecule has 2 amide bonds. The number of rotatable bonds is 4. The largest absolute Gasteiger partial charge is 0.381 e. The summed E-state index contributed by atoms with van der Waals surface area (Å²) in [7, 11) is 0. The molecule has 3 rings (SSSR count). The van der Waals surface area contributed by atoms with Crippen LogP contribution in [0.2, 0.25) is 0 Å². The van der Waals surface area contributed by atoms with E-state index in [1.165, 1.54) is 5.69 Å². The van der Waals surface area contributed by atoms with Crippen LogP contribution in [0.4, 0.5) is 10.5 Å². The van der Waals surface area contributed by atoms with Gasteiger partial charge in [-0.05, 0) is 25.0 Å². The summed E-state index contributed by atoms with van der Waals surface area (Å²) in [5, 5.41) is 6.03. The lowest BCUT2D eigenvalue weighted by Gasteiger charge is -2.19. The molecule has 0 bridgehead atoms.